The van der Waals surface area contributed by atoms with Gasteiger partial charge in [0, 0.05) is 13.0 Å². The Labute approximate surface area is 118 Å². The Kier molecular flexibility index (Phi) is 4.11. The summed E-state index contributed by atoms with van der Waals surface area (Å²) in [5.74, 6) is 1.27. The highest BCUT2D eigenvalue weighted by atomic mass is 16.5. The number of anilines is 1. The Hall–Kier alpha value is -1.69. The van der Waals surface area contributed by atoms with Crippen LogP contribution in [0.5, 0.6) is 0 Å². The van der Waals surface area contributed by atoms with Crippen molar-refractivity contribution < 1.29 is 4.74 Å². The Morgan fingerprint density at radius 2 is 2.25 bits per heavy atom. The molecule has 3 heterocycles. The number of ether oxygens (including phenoxy) is 1. The molecule has 20 heavy (non-hydrogen) atoms. The molecule has 0 spiro atoms. The first-order valence-corrected chi connectivity index (χ1v) is 7.40. The largest absolute Gasteiger partial charge is 0.382 e. The van der Waals surface area contributed by atoms with Crippen LogP contribution < -0.4 is 5.73 Å². The van der Waals surface area contributed by atoms with Crippen LogP contribution in [0.3, 0.4) is 0 Å². The van der Waals surface area contributed by atoms with Crippen molar-refractivity contribution in [3.05, 3.63) is 12.2 Å². The molecule has 1 saturated heterocycles. The SMILES string of the molecule is Nc1nc(CCCCC2CCCCO2)nc2nc[nH]c12. The Morgan fingerprint density at radius 3 is 3.10 bits per heavy atom. The van der Waals surface area contributed by atoms with E-state index in [4.69, 9.17) is 10.5 Å². The third-order valence-corrected chi connectivity index (χ3v) is 3.81. The van der Waals surface area contributed by atoms with Gasteiger partial charge in [-0.3, -0.25) is 0 Å². The minimum Gasteiger partial charge on any atom is -0.382 e. The van der Waals surface area contributed by atoms with Crippen LogP contribution in [0.2, 0.25) is 0 Å². The van der Waals surface area contributed by atoms with Crippen LogP contribution in [0.4, 0.5) is 5.82 Å². The first kappa shape index (κ1) is 13.3. The number of rotatable bonds is 5. The number of unbranched alkanes of at least 4 members (excludes halogenated alkanes) is 1. The highest BCUT2D eigenvalue weighted by molar-refractivity contribution is 5.80. The molecular formula is C14H21N5O. The van der Waals surface area contributed by atoms with Crippen molar-refractivity contribution in [2.45, 2.75) is 51.0 Å². The maximum Gasteiger partial charge on any atom is 0.183 e. The zero-order valence-corrected chi connectivity index (χ0v) is 11.6. The molecule has 2 aromatic heterocycles. The maximum absolute atomic E-state index is 5.88. The molecule has 0 saturated carbocycles. The molecule has 2 aromatic rings. The summed E-state index contributed by atoms with van der Waals surface area (Å²) in [5.41, 5.74) is 7.26. The summed E-state index contributed by atoms with van der Waals surface area (Å²) in [5, 5.41) is 0. The lowest BCUT2D eigenvalue weighted by atomic mass is 10.0. The molecule has 6 heteroatoms. The molecule has 1 fully saturated rings. The van der Waals surface area contributed by atoms with Crippen LogP contribution in [-0.4, -0.2) is 32.6 Å². The van der Waals surface area contributed by atoms with E-state index in [2.05, 4.69) is 19.9 Å². The first-order chi connectivity index (χ1) is 9.83. The lowest BCUT2D eigenvalue weighted by Gasteiger charge is -2.22. The quantitative estimate of drug-likeness (QED) is 0.817. The predicted octanol–water partition coefficient (Wildman–Crippen LogP) is 2.22. The van der Waals surface area contributed by atoms with E-state index >= 15 is 0 Å². The molecule has 1 aliphatic rings. The van der Waals surface area contributed by atoms with Crippen LogP contribution in [0, 0.1) is 0 Å². The van der Waals surface area contributed by atoms with E-state index in [0.717, 1.165) is 43.6 Å². The van der Waals surface area contributed by atoms with Gasteiger partial charge in [0.2, 0.25) is 0 Å². The number of H-pyrrole nitrogens is 1. The van der Waals surface area contributed by atoms with Gasteiger partial charge in [-0.15, -0.1) is 0 Å². The minimum absolute atomic E-state index is 0.462. The van der Waals surface area contributed by atoms with Crippen LogP contribution >= 0.6 is 0 Å². The number of nitrogens with two attached hydrogens (primary N) is 1. The van der Waals surface area contributed by atoms with Gasteiger partial charge in [-0.1, -0.05) is 6.42 Å². The van der Waals surface area contributed by atoms with Gasteiger partial charge in [-0.25, -0.2) is 15.0 Å². The zero-order chi connectivity index (χ0) is 13.8. The summed E-state index contributed by atoms with van der Waals surface area (Å²) in [4.78, 5) is 15.8. The number of imidazole rings is 1. The van der Waals surface area contributed by atoms with Gasteiger partial charge < -0.3 is 15.5 Å². The molecule has 0 radical (unpaired) electrons. The highest BCUT2D eigenvalue weighted by Crippen LogP contribution is 2.19. The lowest BCUT2D eigenvalue weighted by molar-refractivity contribution is 0.00986. The number of aromatic nitrogens is 4. The highest BCUT2D eigenvalue weighted by Gasteiger charge is 2.13. The molecule has 0 amide bonds. The predicted molar refractivity (Wildman–Crippen MR) is 77.2 cm³/mol. The standard InChI is InChI=1S/C14H21N5O/c15-13-12-14(17-9-16-12)19-11(18-13)7-2-1-5-10-6-3-4-8-20-10/h9-10H,1-8H2,(H3,15,16,17,18,19). The summed E-state index contributed by atoms with van der Waals surface area (Å²) in [6, 6.07) is 0. The topological polar surface area (TPSA) is 89.7 Å². The smallest absolute Gasteiger partial charge is 0.183 e. The summed E-state index contributed by atoms with van der Waals surface area (Å²) in [7, 11) is 0. The van der Waals surface area contributed by atoms with E-state index in [9.17, 15) is 0 Å². The fourth-order valence-electron chi connectivity index (χ4n) is 2.70. The molecule has 108 valence electrons. The molecule has 0 aromatic carbocycles. The molecule has 0 aliphatic carbocycles. The van der Waals surface area contributed by atoms with Crippen molar-refractivity contribution in [1.29, 1.82) is 0 Å². The second kappa shape index (κ2) is 6.17. The van der Waals surface area contributed by atoms with Gasteiger partial charge in [-0.05, 0) is 32.1 Å². The van der Waals surface area contributed by atoms with Crippen molar-refractivity contribution in [2.75, 3.05) is 12.3 Å². The average Bonchev–Trinajstić information content (AvgIpc) is 2.94. The monoisotopic (exact) mass is 275 g/mol. The molecule has 3 rings (SSSR count). The fraction of sp³-hybridized carbons (Fsp3) is 0.643. The van der Waals surface area contributed by atoms with E-state index in [1.54, 1.807) is 6.33 Å². The van der Waals surface area contributed by atoms with Crippen LogP contribution in [-0.2, 0) is 11.2 Å². The van der Waals surface area contributed by atoms with Crippen molar-refractivity contribution >= 4 is 17.0 Å². The van der Waals surface area contributed by atoms with Gasteiger partial charge >= 0.3 is 0 Å². The molecule has 1 unspecified atom stereocenters. The third kappa shape index (κ3) is 3.07. The average molecular weight is 275 g/mol. The minimum atomic E-state index is 0.462. The Balaban J connectivity index is 1.49. The van der Waals surface area contributed by atoms with Crippen LogP contribution in [0.1, 0.15) is 44.3 Å². The van der Waals surface area contributed by atoms with Crippen molar-refractivity contribution in [2.24, 2.45) is 0 Å². The second-order valence-corrected chi connectivity index (χ2v) is 5.36. The normalized spacial score (nSPS) is 19.5. The summed E-state index contributed by atoms with van der Waals surface area (Å²) in [6.45, 7) is 0.931. The summed E-state index contributed by atoms with van der Waals surface area (Å²) < 4.78 is 5.73. The van der Waals surface area contributed by atoms with Gasteiger partial charge in [-0.2, -0.15) is 0 Å². The Bertz CT molecular complexity index is 562. The van der Waals surface area contributed by atoms with Crippen molar-refractivity contribution in [1.82, 2.24) is 19.9 Å². The molecule has 1 aliphatic heterocycles. The number of fused-ring (bicyclic) bond motifs is 1. The number of aromatic amines is 1. The van der Waals surface area contributed by atoms with Crippen LogP contribution in [0.15, 0.2) is 6.33 Å². The number of aryl methyl sites for hydroxylation is 1. The van der Waals surface area contributed by atoms with Gasteiger partial charge in [0.05, 0.1) is 12.4 Å². The molecule has 3 N–H and O–H groups in total. The van der Waals surface area contributed by atoms with Gasteiger partial charge in [0.1, 0.15) is 11.3 Å². The number of hydrogen-bond acceptors (Lipinski definition) is 5. The molecule has 6 nitrogen and oxygen atoms in total. The van der Waals surface area contributed by atoms with Crippen molar-refractivity contribution in [3.63, 3.8) is 0 Å². The number of nitrogen functional groups attached to an aromatic ring is 1. The molecule has 1 atom stereocenters. The maximum atomic E-state index is 5.88. The fourth-order valence-corrected chi connectivity index (χ4v) is 2.70. The van der Waals surface area contributed by atoms with Gasteiger partial charge in [0.25, 0.3) is 0 Å². The number of nitrogens with one attached hydrogen (secondary N) is 1. The van der Waals surface area contributed by atoms with Gasteiger partial charge in [0.15, 0.2) is 11.5 Å². The Morgan fingerprint density at radius 1 is 1.30 bits per heavy atom. The van der Waals surface area contributed by atoms with Crippen LogP contribution in [0.25, 0.3) is 11.2 Å². The zero-order valence-electron chi connectivity index (χ0n) is 11.6. The first-order valence-electron chi connectivity index (χ1n) is 7.40. The summed E-state index contributed by atoms with van der Waals surface area (Å²) in [6.07, 6.45) is 9.99. The molecule has 0 bridgehead atoms. The summed E-state index contributed by atoms with van der Waals surface area (Å²) >= 11 is 0. The van der Waals surface area contributed by atoms with E-state index in [1.165, 1.54) is 19.3 Å². The second-order valence-electron chi connectivity index (χ2n) is 5.36. The number of nitrogens with zero attached hydrogens (tertiary/aromatic N) is 3. The van der Waals surface area contributed by atoms with E-state index in [1.807, 2.05) is 0 Å². The lowest BCUT2D eigenvalue weighted by Crippen LogP contribution is -2.18. The third-order valence-electron chi connectivity index (χ3n) is 3.81. The van der Waals surface area contributed by atoms with E-state index in [0.29, 0.717) is 17.6 Å². The van der Waals surface area contributed by atoms with Crippen molar-refractivity contribution in [3.8, 4) is 0 Å². The van der Waals surface area contributed by atoms with E-state index in [-0.39, 0.29) is 0 Å². The molecular weight excluding hydrogens is 254 g/mol. The van der Waals surface area contributed by atoms with E-state index < -0.39 is 0 Å². The number of hydrogen-bond donors (Lipinski definition) is 2.